The zero-order valence-electron chi connectivity index (χ0n) is 11.0. The molecule has 1 aliphatic carbocycles. The monoisotopic (exact) mass is 361 g/mol. The first-order valence-electron chi connectivity index (χ1n) is 6.30. The van der Waals surface area contributed by atoms with Crippen molar-refractivity contribution in [2.45, 2.75) is 43.0 Å². The van der Waals surface area contributed by atoms with E-state index in [0.717, 1.165) is 0 Å². The molecule has 0 saturated heterocycles. The highest BCUT2D eigenvalue weighted by atomic mass is 79.9. The van der Waals surface area contributed by atoms with Crippen LogP contribution in [0.2, 0.25) is 0 Å². The predicted octanol–water partition coefficient (Wildman–Crippen LogP) is 2.43. The molecule has 0 heterocycles. The first-order valence-corrected chi connectivity index (χ1v) is 8.58. The number of rotatable bonds is 4. The maximum absolute atomic E-state index is 12.5. The molecular weight excluding hydrogens is 346 g/mol. The Morgan fingerprint density at radius 1 is 1.35 bits per heavy atom. The Morgan fingerprint density at radius 2 is 1.95 bits per heavy atom. The van der Waals surface area contributed by atoms with Crippen molar-refractivity contribution < 1.29 is 18.3 Å². The zero-order chi connectivity index (χ0) is 15.0. The highest BCUT2D eigenvalue weighted by Crippen LogP contribution is 2.32. The van der Waals surface area contributed by atoms with E-state index in [1.54, 1.807) is 19.1 Å². The van der Waals surface area contributed by atoms with Gasteiger partial charge in [-0.2, -0.15) is 4.72 Å². The van der Waals surface area contributed by atoms with Crippen LogP contribution >= 0.6 is 15.9 Å². The van der Waals surface area contributed by atoms with Crippen molar-refractivity contribution >= 4 is 31.9 Å². The first kappa shape index (κ1) is 15.5. The molecule has 1 aromatic carbocycles. The Morgan fingerprint density at radius 3 is 2.50 bits per heavy atom. The van der Waals surface area contributed by atoms with Gasteiger partial charge in [-0.25, -0.2) is 8.42 Å². The van der Waals surface area contributed by atoms with Crippen LogP contribution in [0.4, 0.5) is 0 Å². The van der Waals surface area contributed by atoms with Crippen LogP contribution in [0, 0.1) is 6.92 Å². The lowest BCUT2D eigenvalue weighted by atomic mass is 10.0. The van der Waals surface area contributed by atoms with Crippen LogP contribution in [0.25, 0.3) is 0 Å². The fourth-order valence-corrected chi connectivity index (χ4v) is 4.72. The van der Waals surface area contributed by atoms with Gasteiger partial charge in [-0.3, -0.25) is 4.79 Å². The van der Waals surface area contributed by atoms with E-state index in [1.807, 2.05) is 0 Å². The fraction of sp³-hybridized carbons (Fsp3) is 0.462. The average Bonchev–Trinajstić information content (AvgIpc) is 2.81. The third-order valence-electron chi connectivity index (χ3n) is 3.64. The summed E-state index contributed by atoms with van der Waals surface area (Å²) in [5, 5.41) is 9.36. The SMILES string of the molecule is Cc1ccc(Br)cc1S(=O)(=O)NC1(C(=O)O)CCCC1. The summed E-state index contributed by atoms with van der Waals surface area (Å²) >= 11 is 3.24. The van der Waals surface area contributed by atoms with E-state index in [4.69, 9.17) is 0 Å². The summed E-state index contributed by atoms with van der Waals surface area (Å²) in [6, 6.07) is 4.92. The normalized spacial score (nSPS) is 18.1. The Bertz CT molecular complexity index is 636. The molecule has 1 fully saturated rings. The molecule has 0 radical (unpaired) electrons. The number of sulfonamides is 1. The Labute approximate surface area is 126 Å². The third-order valence-corrected chi connectivity index (χ3v) is 5.81. The van der Waals surface area contributed by atoms with Crippen LogP contribution in [0.3, 0.4) is 0 Å². The van der Waals surface area contributed by atoms with Crippen molar-refractivity contribution in [1.29, 1.82) is 0 Å². The van der Waals surface area contributed by atoms with Crippen molar-refractivity contribution in [3.63, 3.8) is 0 Å². The van der Waals surface area contributed by atoms with E-state index in [0.29, 0.717) is 35.7 Å². The second-order valence-corrected chi connectivity index (χ2v) is 7.68. The molecule has 0 spiro atoms. The number of carboxylic acids is 1. The average molecular weight is 362 g/mol. The van der Waals surface area contributed by atoms with Gasteiger partial charge in [0, 0.05) is 4.47 Å². The highest BCUT2D eigenvalue weighted by molar-refractivity contribution is 9.10. The van der Waals surface area contributed by atoms with Gasteiger partial charge >= 0.3 is 5.97 Å². The number of nitrogens with one attached hydrogen (secondary N) is 1. The maximum Gasteiger partial charge on any atom is 0.324 e. The molecule has 0 aliphatic heterocycles. The summed E-state index contributed by atoms with van der Waals surface area (Å²) in [5.41, 5.74) is -0.785. The van der Waals surface area contributed by atoms with Gasteiger partial charge in [-0.05, 0) is 37.5 Å². The summed E-state index contributed by atoms with van der Waals surface area (Å²) in [7, 11) is -3.86. The lowest BCUT2D eigenvalue weighted by molar-refractivity contribution is -0.143. The van der Waals surface area contributed by atoms with Crippen molar-refractivity contribution in [1.82, 2.24) is 4.72 Å². The molecule has 1 aliphatic rings. The van der Waals surface area contributed by atoms with E-state index in [2.05, 4.69) is 20.7 Å². The summed E-state index contributed by atoms with van der Waals surface area (Å²) in [4.78, 5) is 11.6. The molecule has 0 unspecified atom stereocenters. The van der Waals surface area contributed by atoms with E-state index < -0.39 is 21.5 Å². The van der Waals surface area contributed by atoms with E-state index in [9.17, 15) is 18.3 Å². The van der Waals surface area contributed by atoms with Gasteiger partial charge in [0.1, 0.15) is 5.54 Å². The molecule has 110 valence electrons. The van der Waals surface area contributed by atoms with Crippen molar-refractivity contribution in [2.24, 2.45) is 0 Å². The van der Waals surface area contributed by atoms with Crippen molar-refractivity contribution in [2.75, 3.05) is 0 Å². The Hall–Kier alpha value is -0.920. The minimum absolute atomic E-state index is 0.111. The predicted molar refractivity (Wildman–Crippen MR) is 78.0 cm³/mol. The fourth-order valence-electron chi connectivity index (χ4n) is 2.51. The number of aryl methyl sites for hydroxylation is 1. The summed E-state index contributed by atoms with van der Waals surface area (Å²) in [5.74, 6) is -1.11. The second-order valence-electron chi connectivity index (χ2n) is 5.11. The van der Waals surface area contributed by atoms with Crippen LogP contribution in [0.5, 0.6) is 0 Å². The van der Waals surface area contributed by atoms with Crippen molar-refractivity contribution in [3.8, 4) is 0 Å². The number of hydrogen-bond donors (Lipinski definition) is 2. The molecule has 0 amide bonds. The minimum atomic E-state index is -3.86. The van der Waals surface area contributed by atoms with Gasteiger partial charge in [0.15, 0.2) is 0 Å². The van der Waals surface area contributed by atoms with Crippen LogP contribution in [0.1, 0.15) is 31.2 Å². The number of halogens is 1. The lowest BCUT2D eigenvalue weighted by Gasteiger charge is -2.25. The maximum atomic E-state index is 12.5. The summed E-state index contributed by atoms with van der Waals surface area (Å²) < 4.78 is 28.0. The zero-order valence-corrected chi connectivity index (χ0v) is 13.4. The number of carbonyl (C=O) groups is 1. The number of benzene rings is 1. The first-order chi connectivity index (χ1) is 9.27. The molecule has 1 saturated carbocycles. The molecule has 7 heteroatoms. The largest absolute Gasteiger partial charge is 0.480 e. The number of aliphatic carboxylic acids is 1. The topological polar surface area (TPSA) is 83.5 Å². The highest BCUT2D eigenvalue weighted by Gasteiger charge is 2.44. The van der Waals surface area contributed by atoms with Gasteiger partial charge in [-0.1, -0.05) is 34.8 Å². The van der Waals surface area contributed by atoms with Crippen molar-refractivity contribution in [3.05, 3.63) is 28.2 Å². The second kappa shape index (κ2) is 5.46. The van der Waals surface area contributed by atoms with Crippen LogP contribution < -0.4 is 4.72 Å². The van der Waals surface area contributed by atoms with Crippen LogP contribution in [-0.2, 0) is 14.8 Å². The molecule has 5 nitrogen and oxygen atoms in total. The van der Waals surface area contributed by atoms with E-state index >= 15 is 0 Å². The Balaban J connectivity index is 2.40. The smallest absolute Gasteiger partial charge is 0.324 e. The molecule has 20 heavy (non-hydrogen) atoms. The minimum Gasteiger partial charge on any atom is -0.480 e. The van der Waals surface area contributed by atoms with E-state index in [1.165, 1.54) is 6.07 Å². The van der Waals surface area contributed by atoms with Crippen LogP contribution in [-0.4, -0.2) is 25.0 Å². The Kier molecular flexibility index (Phi) is 4.22. The molecule has 2 N–H and O–H groups in total. The van der Waals surface area contributed by atoms with Crippen LogP contribution in [0.15, 0.2) is 27.6 Å². The third kappa shape index (κ3) is 2.89. The van der Waals surface area contributed by atoms with Gasteiger partial charge in [0.25, 0.3) is 0 Å². The van der Waals surface area contributed by atoms with Gasteiger partial charge in [-0.15, -0.1) is 0 Å². The quantitative estimate of drug-likeness (QED) is 0.862. The van der Waals surface area contributed by atoms with Gasteiger partial charge < -0.3 is 5.11 Å². The van der Waals surface area contributed by atoms with Gasteiger partial charge in [0.05, 0.1) is 4.90 Å². The standard InChI is InChI=1S/C13H16BrNO4S/c1-9-4-5-10(14)8-11(9)20(18,19)15-13(12(16)17)6-2-3-7-13/h4-5,8,15H,2-3,6-7H2,1H3,(H,16,17). The summed E-state index contributed by atoms with van der Waals surface area (Å²) in [6.07, 6.45) is 2.09. The summed E-state index contributed by atoms with van der Waals surface area (Å²) in [6.45, 7) is 1.68. The molecule has 2 rings (SSSR count). The number of carboxylic acid groups (broad SMARTS) is 1. The lowest BCUT2D eigenvalue weighted by Crippen LogP contribution is -2.52. The molecule has 0 aromatic heterocycles. The molecule has 1 aromatic rings. The molecular formula is C13H16BrNO4S. The molecule has 0 bridgehead atoms. The van der Waals surface area contributed by atoms with E-state index in [-0.39, 0.29) is 4.90 Å². The molecule has 0 atom stereocenters. The van der Waals surface area contributed by atoms with Gasteiger partial charge in [0.2, 0.25) is 10.0 Å². The number of hydrogen-bond acceptors (Lipinski definition) is 3.